The molecule has 7 nitrogen and oxygen atoms in total. The lowest BCUT2D eigenvalue weighted by atomic mass is 10.2. The molecule has 134 valence electrons. The molecule has 0 unspecified atom stereocenters. The molecule has 1 saturated heterocycles. The number of thioether (sulfide) groups is 1. The summed E-state index contributed by atoms with van der Waals surface area (Å²) in [5.41, 5.74) is -0.400. The van der Waals surface area contributed by atoms with E-state index in [1.54, 1.807) is 12.1 Å². The first-order valence-electron chi connectivity index (χ1n) is 7.12. The van der Waals surface area contributed by atoms with Gasteiger partial charge in [-0.15, -0.1) is 5.10 Å². The number of carbonyl (C=O) groups is 1. The van der Waals surface area contributed by atoms with Crippen LogP contribution in [0.2, 0.25) is 0 Å². The van der Waals surface area contributed by atoms with E-state index in [-0.39, 0.29) is 11.7 Å². The zero-order chi connectivity index (χ0) is 18.6. The average molecular weight is 381 g/mol. The number of ether oxygens (including phenoxy) is 1. The molecule has 3 rings (SSSR count). The fraction of sp³-hybridized carbons (Fsp3) is 0.133. The van der Waals surface area contributed by atoms with E-state index in [0.29, 0.717) is 16.5 Å². The van der Waals surface area contributed by atoms with Crippen molar-refractivity contribution in [2.75, 3.05) is 5.75 Å². The van der Waals surface area contributed by atoms with Crippen molar-refractivity contribution >= 4 is 29.1 Å². The van der Waals surface area contributed by atoms with Gasteiger partial charge in [-0.05, 0) is 35.9 Å². The molecule has 1 N–H and O–H groups in total. The number of hydrogen-bond donors (Lipinski definition) is 1. The number of nitrogens with one attached hydrogen (secondary N) is 1. The Labute approximate surface area is 149 Å². The van der Waals surface area contributed by atoms with Crippen LogP contribution in [-0.4, -0.2) is 33.0 Å². The van der Waals surface area contributed by atoms with E-state index in [1.807, 2.05) is 0 Å². The van der Waals surface area contributed by atoms with E-state index in [2.05, 4.69) is 25.5 Å². The third kappa shape index (κ3) is 4.79. The highest BCUT2D eigenvalue weighted by Crippen LogP contribution is 2.28. The van der Waals surface area contributed by atoms with Crippen LogP contribution in [-0.2, 0) is 11.0 Å². The van der Waals surface area contributed by atoms with Crippen LogP contribution in [0, 0.1) is 0 Å². The second-order valence-corrected chi connectivity index (χ2v) is 5.84. The van der Waals surface area contributed by atoms with Crippen molar-refractivity contribution in [3.8, 4) is 11.8 Å². The lowest BCUT2D eigenvalue weighted by Gasteiger charge is -2.07. The Hall–Kier alpha value is -2.95. The molecule has 11 heteroatoms. The molecule has 0 saturated carbocycles. The fourth-order valence-electron chi connectivity index (χ4n) is 1.80. The predicted octanol–water partition coefficient (Wildman–Crippen LogP) is 2.84. The standard InChI is InChI=1S/C15H10F3N5O2S/c16-15(17,18)11-5-6-19-13(21-11)25-10-3-1-9(2-4-10)7-20-23-14-22-12(24)8-26-14/h1-7H,8H2,(H,22,23,24). The summed E-state index contributed by atoms with van der Waals surface area (Å²) < 4.78 is 43.1. The van der Waals surface area contributed by atoms with Crippen molar-refractivity contribution in [2.45, 2.75) is 6.18 Å². The van der Waals surface area contributed by atoms with Crippen molar-refractivity contribution in [3.05, 3.63) is 47.8 Å². The molecule has 1 amide bonds. The molecule has 1 aromatic heterocycles. The lowest BCUT2D eigenvalue weighted by molar-refractivity contribution is -0.141. The number of aromatic nitrogens is 2. The van der Waals surface area contributed by atoms with Gasteiger partial charge in [-0.25, -0.2) is 4.98 Å². The normalized spacial score (nSPS) is 16.3. The third-order valence-corrected chi connectivity index (χ3v) is 3.82. The van der Waals surface area contributed by atoms with Gasteiger partial charge in [0.1, 0.15) is 5.75 Å². The van der Waals surface area contributed by atoms with Crippen LogP contribution in [0.4, 0.5) is 13.2 Å². The van der Waals surface area contributed by atoms with Crippen LogP contribution in [0.15, 0.2) is 46.7 Å². The number of halogens is 3. The third-order valence-electron chi connectivity index (χ3n) is 2.95. The van der Waals surface area contributed by atoms with Gasteiger partial charge in [0.25, 0.3) is 0 Å². The van der Waals surface area contributed by atoms with E-state index in [4.69, 9.17) is 4.74 Å². The predicted molar refractivity (Wildman–Crippen MR) is 89.2 cm³/mol. The number of benzene rings is 1. The first-order valence-corrected chi connectivity index (χ1v) is 8.10. The fourth-order valence-corrected chi connectivity index (χ4v) is 2.43. The summed E-state index contributed by atoms with van der Waals surface area (Å²) in [7, 11) is 0. The molecule has 0 aliphatic carbocycles. The van der Waals surface area contributed by atoms with Gasteiger partial charge in [0.15, 0.2) is 10.9 Å². The second-order valence-electron chi connectivity index (χ2n) is 4.88. The van der Waals surface area contributed by atoms with Crippen LogP contribution in [0.25, 0.3) is 0 Å². The number of carbonyl (C=O) groups excluding carboxylic acids is 1. The minimum Gasteiger partial charge on any atom is -0.424 e. The molecule has 1 aliphatic rings. The molecule has 0 spiro atoms. The highest BCUT2D eigenvalue weighted by atomic mass is 32.2. The SMILES string of the molecule is O=C1CSC(=NN=Cc2ccc(Oc3nccc(C(F)(F)F)n3)cc2)N1. The first kappa shape index (κ1) is 17.9. The number of nitrogens with zero attached hydrogens (tertiary/aromatic N) is 4. The zero-order valence-electron chi connectivity index (χ0n) is 12.9. The minimum absolute atomic E-state index is 0.123. The Morgan fingerprint density at radius 1 is 1.23 bits per heavy atom. The molecule has 0 bridgehead atoms. The number of rotatable bonds is 4. The second kappa shape index (κ2) is 7.52. The Balaban J connectivity index is 1.64. The summed E-state index contributed by atoms with van der Waals surface area (Å²) in [6, 6.07) is 6.69. The van der Waals surface area contributed by atoms with Crippen LogP contribution in [0.3, 0.4) is 0 Å². The summed E-state index contributed by atoms with van der Waals surface area (Å²) in [6.45, 7) is 0. The Kier molecular flexibility index (Phi) is 5.16. The largest absolute Gasteiger partial charge is 0.433 e. The highest BCUT2D eigenvalue weighted by Gasteiger charge is 2.33. The van der Waals surface area contributed by atoms with Crippen LogP contribution in [0.1, 0.15) is 11.3 Å². The summed E-state index contributed by atoms with van der Waals surface area (Å²) >= 11 is 1.25. The number of hydrogen-bond acceptors (Lipinski definition) is 7. The number of amidine groups is 1. The molecule has 1 aromatic carbocycles. The molecule has 26 heavy (non-hydrogen) atoms. The van der Waals surface area contributed by atoms with Crippen LogP contribution in [0.5, 0.6) is 11.8 Å². The van der Waals surface area contributed by atoms with Crippen molar-refractivity contribution in [1.82, 2.24) is 15.3 Å². The van der Waals surface area contributed by atoms with Crippen molar-refractivity contribution < 1.29 is 22.7 Å². The summed E-state index contributed by atoms with van der Waals surface area (Å²) in [4.78, 5) is 18.0. The van der Waals surface area contributed by atoms with E-state index in [1.165, 1.54) is 30.1 Å². The van der Waals surface area contributed by atoms with Crippen LogP contribution >= 0.6 is 11.8 Å². The Morgan fingerprint density at radius 2 is 2.00 bits per heavy atom. The monoisotopic (exact) mass is 381 g/mol. The van der Waals surface area contributed by atoms with Gasteiger partial charge in [-0.1, -0.05) is 11.8 Å². The number of alkyl halides is 3. The highest BCUT2D eigenvalue weighted by molar-refractivity contribution is 8.15. The maximum absolute atomic E-state index is 12.6. The summed E-state index contributed by atoms with van der Waals surface area (Å²) in [5.74, 6) is 0.464. The minimum atomic E-state index is -4.57. The number of amides is 1. The molecule has 1 aliphatic heterocycles. The molecular weight excluding hydrogens is 371 g/mol. The van der Waals surface area contributed by atoms with E-state index in [9.17, 15) is 18.0 Å². The smallest absolute Gasteiger partial charge is 0.424 e. The molecular formula is C15H10F3N5O2S. The van der Waals surface area contributed by atoms with Gasteiger partial charge in [0, 0.05) is 6.20 Å². The van der Waals surface area contributed by atoms with Gasteiger partial charge < -0.3 is 10.1 Å². The van der Waals surface area contributed by atoms with Gasteiger partial charge >= 0.3 is 12.2 Å². The Bertz CT molecular complexity index is 868. The van der Waals surface area contributed by atoms with E-state index >= 15 is 0 Å². The maximum Gasteiger partial charge on any atom is 0.433 e. The van der Waals surface area contributed by atoms with Crippen molar-refractivity contribution in [2.24, 2.45) is 10.2 Å². The average Bonchev–Trinajstić information content (AvgIpc) is 3.01. The topological polar surface area (TPSA) is 88.8 Å². The zero-order valence-corrected chi connectivity index (χ0v) is 13.7. The van der Waals surface area contributed by atoms with Crippen LogP contribution < -0.4 is 10.1 Å². The van der Waals surface area contributed by atoms with Gasteiger partial charge in [-0.3, -0.25) is 4.79 Å². The molecule has 0 atom stereocenters. The van der Waals surface area contributed by atoms with Gasteiger partial charge in [-0.2, -0.15) is 23.3 Å². The molecule has 2 aromatic rings. The van der Waals surface area contributed by atoms with E-state index in [0.717, 1.165) is 12.3 Å². The molecule has 2 heterocycles. The molecule has 1 fully saturated rings. The molecule has 0 radical (unpaired) electrons. The van der Waals surface area contributed by atoms with Crippen molar-refractivity contribution in [3.63, 3.8) is 0 Å². The summed E-state index contributed by atoms with van der Waals surface area (Å²) in [5, 5.41) is 10.7. The quantitative estimate of drug-likeness (QED) is 0.650. The maximum atomic E-state index is 12.6. The first-order chi connectivity index (χ1) is 12.4. The van der Waals surface area contributed by atoms with E-state index < -0.39 is 17.9 Å². The summed E-state index contributed by atoms with van der Waals surface area (Å²) in [6.07, 6.45) is -2.13. The van der Waals surface area contributed by atoms with Crippen molar-refractivity contribution in [1.29, 1.82) is 0 Å². The van der Waals surface area contributed by atoms with Gasteiger partial charge in [0.2, 0.25) is 5.91 Å². The van der Waals surface area contributed by atoms with Gasteiger partial charge in [0.05, 0.1) is 12.0 Å². The lowest BCUT2D eigenvalue weighted by Crippen LogP contribution is -2.19. The Morgan fingerprint density at radius 3 is 2.65 bits per heavy atom.